The third-order valence-corrected chi connectivity index (χ3v) is 12.2. The Morgan fingerprint density at radius 2 is 1.78 bits per heavy atom. The molecule has 1 heterocycles. The summed E-state index contributed by atoms with van der Waals surface area (Å²) in [7, 11) is 0. The molecule has 3 saturated carbocycles. The van der Waals surface area contributed by atoms with Crippen molar-refractivity contribution >= 4 is 35.2 Å². The molecular formula is C35H49NO10. The van der Waals surface area contributed by atoms with Crippen LogP contribution in [0.3, 0.4) is 0 Å². The molecule has 0 aromatic carbocycles. The molecule has 0 aromatic rings. The van der Waals surface area contributed by atoms with Crippen molar-refractivity contribution in [3.05, 3.63) is 11.6 Å². The topological polar surface area (TPSA) is 173 Å². The number of carboxylic acid groups (broad SMARTS) is 1. The fraction of sp³-hybridized carbons (Fsp3) is 0.771. The first-order valence-electron chi connectivity index (χ1n) is 16.8. The lowest BCUT2D eigenvalue weighted by Crippen LogP contribution is -2.61. The van der Waals surface area contributed by atoms with Gasteiger partial charge in [0.2, 0.25) is 11.7 Å². The maximum absolute atomic E-state index is 13.8. The molecule has 46 heavy (non-hydrogen) atoms. The molecule has 4 aliphatic carbocycles. The quantitative estimate of drug-likeness (QED) is 0.299. The van der Waals surface area contributed by atoms with E-state index in [1.807, 2.05) is 20.8 Å². The average Bonchev–Trinajstić information content (AvgIpc) is 3.24. The molecule has 0 spiro atoms. The predicted octanol–water partition coefficient (Wildman–Crippen LogP) is 3.49. The third kappa shape index (κ3) is 6.33. The Kier molecular flexibility index (Phi) is 9.43. The van der Waals surface area contributed by atoms with Gasteiger partial charge < -0.3 is 25.0 Å². The summed E-state index contributed by atoms with van der Waals surface area (Å²) in [5.74, 6) is -3.20. The van der Waals surface area contributed by atoms with E-state index in [0.29, 0.717) is 38.7 Å². The molecule has 0 radical (unpaired) electrons. The van der Waals surface area contributed by atoms with Crippen molar-refractivity contribution in [3.63, 3.8) is 0 Å². The summed E-state index contributed by atoms with van der Waals surface area (Å²) in [5, 5.41) is 24.0. The summed E-state index contributed by atoms with van der Waals surface area (Å²) in [6.07, 6.45) is 5.46. The lowest BCUT2D eigenvalue weighted by molar-refractivity contribution is -0.173. The van der Waals surface area contributed by atoms with Crippen LogP contribution >= 0.6 is 0 Å². The van der Waals surface area contributed by atoms with E-state index >= 15 is 0 Å². The number of ether oxygens (including phenoxy) is 2. The molecule has 254 valence electrons. The highest BCUT2D eigenvalue weighted by Crippen LogP contribution is 2.66. The summed E-state index contributed by atoms with van der Waals surface area (Å²) in [6.45, 7) is 7.55. The largest absolute Gasteiger partial charge is 0.481 e. The SMILES string of the molecule is CC1(C)C[C@H]([C@H](CC(=O)O)NC(=O)CCC(=O)OCC(=O)[C@@]2(O)CC[C@H]3[C@@H]4CCC5=CC(=O)CC[C@]5(C)[C@H]4C(=O)C[C@@]32C)CCO1. The van der Waals surface area contributed by atoms with Gasteiger partial charge in [-0.15, -0.1) is 0 Å². The minimum atomic E-state index is -1.82. The molecule has 5 aliphatic rings. The Labute approximate surface area is 270 Å². The number of carbonyl (C=O) groups is 6. The number of aliphatic hydroxyl groups is 1. The molecule has 1 amide bonds. The number of aliphatic carboxylic acids is 1. The van der Waals surface area contributed by atoms with Gasteiger partial charge in [0.25, 0.3) is 0 Å². The van der Waals surface area contributed by atoms with Crippen molar-refractivity contribution in [2.45, 2.75) is 122 Å². The lowest BCUT2D eigenvalue weighted by Gasteiger charge is -2.57. The van der Waals surface area contributed by atoms with Crippen LogP contribution in [0.25, 0.3) is 0 Å². The van der Waals surface area contributed by atoms with Crippen molar-refractivity contribution in [1.29, 1.82) is 0 Å². The Hall–Kier alpha value is -2.92. The van der Waals surface area contributed by atoms with Gasteiger partial charge in [0.1, 0.15) is 11.4 Å². The second kappa shape index (κ2) is 12.6. The lowest BCUT2D eigenvalue weighted by atomic mass is 9.46. The van der Waals surface area contributed by atoms with Crippen LogP contribution in [0, 0.1) is 34.5 Å². The Balaban J connectivity index is 1.16. The molecule has 11 heteroatoms. The summed E-state index contributed by atoms with van der Waals surface area (Å²) in [4.78, 5) is 76.2. The van der Waals surface area contributed by atoms with Gasteiger partial charge in [0, 0.05) is 43.2 Å². The average molecular weight is 644 g/mol. The molecule has 1 saturated heterocycles. The maximum Gasteiger partial charge on any atom is 0.306 e. The number of esters is 1. The number of carbonyl (C=O) groups excluding carboxylic acids is 5. The van der Waals surface area contributed by atoms with Crippen molar-refractivity contribution in [3.8, 4) is 0 Å². The molecule has 0 unspecified atom stereocenters. The van der Waals surface area contributed by atoms with Crippen molar-refractivity contribution < 1.29 is 48.5 Å². The highest BCUT2D eigenvalue weighted by Gasteiger charge is 2.68. The number of Topliss-reactive ketones (excluding diaryl/α,β-unsaturated/α-hetero) is 2. The minimum Gasteiger partial charge on any atom is -0.481 e. The van der Waals surface area contributed by atoms with E-state index in [1.165, 1.54) is 0 Å². The highest BCUT2D eigenvalue weighted by molar-refractivity contribution is 5.95. The molecule has 5 rings (SSSR count). The number of allylic oxidation sites excluding steroid dienone is 1. The first-order valence-corrected chi connectivity index (χ1v) is 16.8. The van der Waals surface area contributed by atoms with Crippen molar-refractivity contribution in [2.75, 3.05) is 13.2 Å². The van der Waals surface area contributed by atoms with Crippen LogP contribution in [-0.2, 0) is 38.2 Å². The van der Waals surface area contributed by atoms with Crippen LogP contribution in [0.4, 0.5) is 0 Å². The van der Waals surface area contributed by atoms with E-state index in [4.69, 9.17) is 9.47 Å². The summed E-state index contributed by atoms with van der Waals surface area (Å²) < 4.78 is 11.0. The molecule has 3 N–H and O–H groups in total. The van der Waals surface area contributed by atoms with Gasteiger partial charge in [0.05, 0.1) is 18.4 Å². The summed E-state index contributed by atoms with van der Waals surface area (Å²) >= 11 is 0. The van der Waals surface area contributed by atoms with E-state index in [9.17, 15) is 39.0 Å². The van der Waals surface area contributed by atoms with Gasteiger partial charge >= 0.3 is 11.9 Å². The standard InChI is InChI=1S/C35H49NO10/c1-32(2)17-20(11-14-46-32)25(16-29(41)42)36-28(40)7-8-30(43)45-19-27(39)35(44)13-10-24-23-6-5-21-15-22(37)9-12-33(21,3)31(23)26(38)18-34(24,35)4/h15,20,23-25,31,44H,5-14,16-19H2,1-4H3,(H,36,40)(H,41,42)/t20-,23+,24+,25+,31-,33+,34+,35+/m1/s1. The van der Waals surface area contributed by atoms with E-state index in [-0.39, 0.29) is 72.8 Å². The minimum absolute atomic E-state index is 0.00153. The van der Waals surface area contributed by atoms with E-state index in [1.54, 1.807) is 6.08 Å². The molecular weight excluding hydrogens is 594 g/mol. The fourth-order valence-electron chi connectivity index (χ4n) is 9.82. The Morgan fingerprint density at radius 3 is 2.48 bits per heavy atom. The fourth-order valence-corrected chi connectivity index (χ4v) is 9.82. The Bertz CT molecular complexity index is 1340. The molecule has 0 aromatic heterocycles. The molecule has 4 fully saturated rings. The summed E-state index contributed by atoms with van der Waals surface area (Å²) in [5.41, 5.74) is -2.57. The van der Waals surface area contributed by atoms with Crippen molar-refractivity contribution in [2.24, 2.45) is 34.5 Å². The van der Waals surface area contributed by atoms with Gasteiger partial charge in [-0.1, -0.05) is 19.4 Å². The number of hydrogen-bond acceptors (Lipinski definition) is 9. The Morgan fingerprint density at radius 1 is 1.04 bits per heavy atom. The number of fused-ring (bicyclic) bond motifs is 5. The van der Waals surface area contributed by atoms with Crippen LogP contribution in [0.15, 0.2) is 11.6 Å². The zero-order chi connectivity index (χ0) is 33.7. The number of ketones is 3. The highest BCUT2D eigenvalue weighted by atomic mass is 16.5. The first kappa shape index (κ1) is 34.4. The maximum atomic E-state index is 13.8. The zero-order valence-electron chi connectivity index (χ0n) is 27.5. The van der Waals surface area contributed by atoms with E-state index < -0.39 is 52.9 Å². The second-order valence-corrected chi connectivity index (χ2v) is 15.5. The van der Waals surface area contributed by atoms with Gasteiger partial charge in [-0.2, -0.15) is 0 Å². The zero-order valence-corrected chi connectivity index (χ0v) is 27.5. The first-order chi connectivity index (χ1) is 21.5. The summed E-state index contributed by atoms with van der Waals surface area (Å²) in [6, 6.07) is -0.608. The van der Waals surface area contributed by atoms with Crippen molar-refractivity contribution in [1.82, 2.24) is 5.32 Å². The van der Waals surface area contributed by atoms with Crippen LogP contribution in [0.1, 0.15) is 105 Å². The molecule has 1 aliphatic heterocycles. The molecule has 0 bridgehead atoms. The van der Waals surface area contributed by atoms with Gasteiger partial charge in [-0.3, -0.25) is 28.8 Å². The monoisotopic (exact) mass is 643 g/mol. The number of rotatable bonds is 10. The van der Waals surface area contributed by atoms with Crippen LogP contribution in [0.5, 0.6) is 0 Å². The second-order valence-electron chi connectivity index (χ2n) is 15.5. The van der Waals surface area contributed by atoms with Crippen LogP contribution in [0.2, 0.25) is 0 Å². The van der Waals surface area contributed by atoms with Crippen LogP contribution in [-0.4, -0.2) is 75.9 Å². The van der Waals surface area contributed by atoms with Crippen LogP contribution < -0.4 is 5.32 Å². The van der Waals surface area contributed by atoms with E-state index in [2.05, 4.69) is 12.2 Å². The molecule has 11 nitrogen and oxygen atoms in total. The number of amides is 1. The molecule has 8 atom stereocenters. The van der Waals surface area contributed by atoms with Gasteiger partial charge in [-0.05, 0) is 88.0 Å². The predicted molar refractivity (Wildman–Crippen MR) is 164 cm³/mol. The van der Waals surface area contributed by atoms with Gasteiger partial charge in [0.15, 0.2) is 12.4 Å². The number of carboxylic acids is 1. The third-order valence-electron chi connectivity index (χ3n) is 12.2. The normalized spacial score (nSPS) is 37.2. The van der Waals surface area contributed by atoms with E-state index in [0.717, 1.165) is 18.4 Å². The number of nitrogens with one attached hydrogen (secondary N) is 1. The van der Waals surface area contributed by atoms with Gasteiger partial charge in [-0.25, -0.2) is 0 Å². The number of hydrogen-bond donors (Lipinski definition) is 3. The smallest absolute Gasteiger partial charge is 0.306 e.